The number of carbonyl (C=O) groups is 3. The average molecular weight is 490 g/mol. The molecule has 0 atom stereocenters. The van der Waals surface area contributed by atoms with Gasteiger partial charge in [-0.25, -0.2) is 4.39 Å². The predicted molar refractivity (Wildman–Crippen MR) is 131 cm³/mol. The second-order valence-electron chi connectivity index (χ2n) is 8.99. The maximum atomic E-state index is 13.9. The number of carbonyl (C=O) groups excluding carboxylic acids is 3. The summed E-state index contributed by atoms with van der Waals surface area (Å²) in [6, 6.07) is 5.49. The van der Waals surface area contributed by atoms with E-state index in [1.165, 1.54) is 24.3 Å². The van der Waals surface area contributed by atoms with Crippen LogP contribution in [0.3, 0.4) is 0 Å². The Morgan fingerprint density at radius 3 is 2.65 bits per heavy atom. The number of rotatable bonds is 9. The molecule has 3 amide bonds. The lowest BCUT2D eigenvalue weighted by Crippen LogP contribution is -2.41. The fraction of sp³-hybridized carbons (Fsp3) is 0.500. The van der Waals surface area contributed by atoms with E-state index in [4.69, 9.17) is 5.73 Å². The van der Waals surface area contributed by atoms with Crippen molar-refractivity contribution in [3.63, 3.8) is 0 Å². The van der Waals surface area contributed by atoms with Gasteiger partial charge < -0.3 is 16.4 Å². The summed E-state index contributed by atoms with van der Waals surface area (Å²) in [6.45, 7) is 4.24. The van der Waals surface area contributed by atoms with Crippen LogP contribution in [0.4, 0.5) is 15.8 Å². The van der Waals surface area contributed by atoms with Gasteiger partial charge in [0, 0.05) is 18.3 Å². The minimum Gasteiger partial charge on any atom is -0.395 e. The van der Waals surface area contributed by atoms with E-state index in [9.17, 15) is 18.8 Å². The predicted octanol–water partition coefficient (Wildman–Crippen LogP) is 3.74. The van der Waals surface area contributed by atoms with Crippen molar-refractivity contribution >= 4 is 40.6 Å². The van der Waals surface area contributed by atoms with Gasteiger partial charge in [-0.2, -0.15) is 4.37 Å². The molecule has 4 N–H and O–H groups in total. The van der Waals surface area contributed by atoms with Crippen molar-refractivity contribution in [3.05, 3.63) is 40.7 Å². The monoisotopic (exact) mass is 489 g/mol. The molecule has 1 fully saturated rings. The number of hydrogen-bond acceptors (Lipinski definition) is 6. The zero-order chi connectivity index (χ0) is 24.7. The number of halogens is 1. The summed E-state index contributed by atoms with van der Waals surface area (Å²) in [5.41, 5.74) is 6.34. The highest BCUT2D eigenvalue weighted by Crippen LogP contribution is 2.27. The first-order valence-corrected chi connectivity index (χ1v) is 12.4. The average Bonchev–Trinajstić information content (AvgIpc) is 3.19. The van der Waals surface area contributed by atoms with Crippen LogP contribution in [0.5, 0.6) is 0 Å². The maximum Gasteiger partial charge on any atom is 0.273 e. The first-order valence-electron chi connectivity index (χ1n) is 11.7. The Morgan fingerprint density at radius 1 is 1.24 bits per heavy atom. The molecule has 34 heavy (non-hydrogen) atoms. The molecule has 184 valence electrons. The fourth-order valence-corrected chi connectivity index (χ4v) is 4.61. The number of nitrogens with zero attached hydrogens (tertiary/aromatic N) is 2. The Labute approximate surface area is 203 Å². The molecule has 1 aliphatic rings. The molecule has 1 aliphatic carbocycles. The summed E-state index contributed by atoms with van der Waals surface area (Å²) < 4.78 is 18.0. The highest BCUT2D eigenvalue weighted by atomic mass is 32.1. The van der Waals surface area contributed by atoms with Gasteiger partial charge in [-0.05, 0) is 54.9 Å². The molecule has 10 heteroatoms. The summed E-state index contributed by atoms with van der Waals surface area (Å²) in [7, 11) is 0. The fourth-order valence-electron chi connectivity index (χ4n) is 3.86. The molecular weight excluding hydrogens is 457 g/mol. The van der Waals surface area contributed by atoms with E-state index in [0.29, 0.717) is 12.5 Å². The van der Waals surface area contributed by atoms with E-state index < -0.39 is 17.6 Å². The third-order valence-corrected chi connectivity index (χ3v) is 6.64. The Balaban J connectivity index is 1.79. The molecule has 3 rings (SSSR count). The molecule has 0 aliphatic heterocycles. The Morgan fingerprint density at radius 2 is 1.97 bits per heavy atom. The van der Waals surface area contributed by atoms with Crippen LogP contribution in [0, 0.1) is 11.7 Å². The topological polar surface area (TPSA) is 117 Å². The molecule has 0 radical (unpaired) electrons. The molecule has 1 heterocycles. The van der Waals surface area contributed by atoms with Crippen molar-refractivity contribution in [3.8, 4) is 0 Å². The summed E-state index contributed by atoms with van der Waals surface area (Å²) in [6.07, 6.45) is 5.87. The molecule has 8 nitrogen and oxygen atoms in total. The molecule has 1 aromatic heterocycles. The smallest absolute Gasteiger partial charge is 0.273 e. The van der Waals surface area contributed by atoms with Crippen LogP contribution in [0.25, 0.3) is 0 Å². The van der Waals surface area contributed by atoms with Crippen molar-refractivity contribution in [1.29, 1.82) is 0 Å². The molecule has 0 spiro atoms. The number of nitrogens with two attached hydrogens (primary N) is 1. The normalized spacial score (nSPS) is 14.1. The van der Waals surface area contributed by atoms with Crippen LogP contribution >= 0.6 is 11.5 Å². The zero-order valence-corrected chi connectivity index (χ0v) is 20.4. The van der Waals surface area contributed by atoms with E-state index in [0.717, 1.165) is 55.0 Å². The van der Waals surface area contributed by atoms with Gasteiger partial charge in [-0.3, -0.25) is 19.3 Å². The Bertz CT molecular complexity index is 1020. The number of anilines is 2. The molecule has 0 saturated heterocycles. The van der Waals surface area contributed by atoms with Gasteiger partial charge in [0.2, 0.25) is 5.91 Å². The minimum atomic E-state index is -0.615. The molecular formula is C24H32FN5O3S. The second-order valence-corrected chi connectivity index (χ2v) is 9.76. The summed E-state index contributed by atoms with van der Waals surface area (Å²) >= 11 is 0.798. The minimum absolute atomic E-state index is 0.000462. The Hall–Kier alpha value is -3.01. The number of aromatic nitrogens is 1. The van der Waals surface area contributed by atoms with Crippen LogP contribution in [-0.4, -0.2) is 41.2 Å². The maximum absolute atomic E-state index is 13.9. The quantitative estimate of drug-likeness (QED) is 0.496. The lowest BCUT2D eigenvalue weighted by molar-refractivity contribution is -0.119. The first kappa shape index (κ1) is 25.6. The molecule has 0 unspecified atom stereocenters. The highest BCUT2D eigenvalue weighted by Gasteiger charge is 2.29. The molecule has 1 saturated carbocycles. The summed E-state index contributed by atoms with van der Waals surface area (Å²) in [5, 5.41) is 5.73. The number of nitrogens with one attached hydrogen (secondary N) is 2. The van der Waals surface area contributed by atoms with Crippen molar-refractivity contribution in [2.24, 2.45) is 5.92 Å². The van der Waals surface area contributed by atoms with Crippen LogP contribution in [-0.2, 0) is 4.79 Å². The van der Waals surface area contributed by atoms with Gasteiger partial charge in [0.25, 0.3) is 11.8 Å². The van der Waals surface area contributed by atoms with Crippen molar-refractivity contribution in [2.45, 2.75) is 58.4 Å². The van der Waals surface area contributed by atoms with Crippen molar-refractivity contribution in [2.75, 3.05) is 23.7 Å². The third kappa shape index (κ3) is 6.75. The molecule has 1 aromatic carbocycles. The van der Waals surface area contributed by atoms with Crippen molar-refractivity contribution in [1.82, 2.24) is 15.0 Å². The van der Waals surface area contributed by atoms with E-state index in [2.05, 4.69) is 15.0 Å². The van der Waals surface area contributed by atoms with Crippen LogP contribution in [0.2, 0.25) is 0 Å². The van der Waals surface area contributed by atoms with E-state index >= 15 is 0 Å². The number of benzene rings is 1. The Kier molecular flexibility index (Phi) is 8.98. The summed E-state index contributed by atoms with van der Waals surface area (Å²) in [4.78, 5) is 39.9. The van der Waals surface area contributed by atoms with Crippen molar-refractivity contribution < 1.29 is 18.8 Å². The number of amides is 3. The van der Waals surface area contributed by atoms with Crippen LogP contribution in [0.15, 0.2) is 24.3 Å². The summed E-state index contributed by atoms with van der Waals surface area (Å²) in [5.74, 6) is -1.53. The van der Waals surface area contributed by atoms with Gasteiger partial charge >= 0.3 is 0 Å². The van der Waals surface area contributed by atoms with Gasteiger partial charge in [-0.15, -0.1) is 0 Å². The lowest BCUT2D eigenvalue weighted by atomic mass is 9.95. The van der Waals surface area contributed by atoms with E-state index in [1.807, 2.05) is 13.8 Å². The zero-order valence-electron chi connectivity index (χ0n) is 19.6. The SMILES string of the molecule is CC(C)CCNC(=O)CN(C(=O)c1snc(C(=O)NC2CCCCC2)c1N)c1cccc(F)c1. The number of nitrogen functional groups attached to an aromatic ring is 1. The van der Waals surface area contributed by atoms with E-state index in [-0.39, 0.29) is 40.4 Å². The van der Waals surface area contributed by atoms with Gasteiger partial charge in [0.05, 0.1) is 5.69 Å². The largest absolute Gasteiger partial charge is 0.395 e. The standard InChI is InChI=1S/C24H32FN5O3S/c1-15(2)11-12-27-19(31)14-30(18-10-6-7-16(25)13-18)24(33)22-20(26)21(29-34-22)23(32)28-17-8-4-3-5-9-17/h6-7,10,13,15,17H,3-5,8-9,11-12,14,26H2,1-2H3,(H,27,31)(H,28,32). The lowest BCUT2D eigenvalue weighted by Gasteiger charge is -2.23. The highest BCUT2D eigenvalue weighted by molar-refractivity contribution is 7.09. The molecule has 2 aromatic rings. The first-order chi connectivity index (χ1) is 16.3. The molecule has 0 bridgehead atoms. The van der Waals surface area contributed by atoms with Crippen LogP contribution < -0.4 is 21.3 Å². The van der Waals surface area contributed by atoms with Gasteiger partial charge in [0.15, 0.2) is 5.69 Å². The van der Waals surface area contributed by atoms with Crippen LogP contribution in [0.1, 0.15) is 72.5 Å². The number of hydrogen-bond donors (Lipinski definition) is 3. The van der Waals surface area contributed by atoms with Gasteiger partial charge in [0.1, 0.15) is 17.2 Å². The van der Waals surface area contributed by atoms with Gasteiger partial charge in [-0.1, -0.05) is 39.2 Å². The second kappa shape index (κ2) is 11.9. The third-order valence-electron chi connectivity index (χ3n) is 5.79. The van der Waals surface area contributed by atoms with E-state index in [1.54, 1.807) is 0 Å².